The van der Waals surface area contributed by atoms with E-state index in [2.05, 4.69) is 17.6 Å². The lowest BCUT2D eigenvalue weighted by molar-refractivity contribution is -0.180. The van der Waals surface area contributed by atoms with Crippen LogP contribution in [0.3, 0.4) is 0 Å². The first-order valence-corrected chi connectivity index (χ1v) is 7.94. The van der Waals surface area contributed by atoms with E-state index in [1.807, 2.05) is 0 Å². The summed E-state index contributed by atoms with van der Waals surface area (Å²) in [6, 6.07) is -0.468. The van der Waals surface area contributed by atoms with Crippen LogP contribution in [0.5, 0.6) is 0 Å². The van der Waals surface area contributed by atoms with Gasteiger partial charge in [-0.05, 0) is 37.5 Å². The largest absolute Gasteiger partial charge is 0.393 e. The zero-order valence-corrected chi connectivity index (χ0v) is 12.5. The van der Waals surface area contributed by atoms with Crippen molar-refractivity contribution in [3.63, 3.8) is 0 Å². The molecule has 0 aromatic rings. The number of rotatable bonds is 3. The normalized spacial score (nSPS) is 34.5. The van der Waals surface area contributed by atoms with Crippen molar-refractivity contribution in [3.8, 4) is 0 Å². The second-order valence-corrected chi connectivity index (χ2v) is 6.66. The number of hydrogen-bond acceptors (Lipinski definition) is 2. The van der Waals surface area contributed by atoms with E-state index < -0.39 is 18.1 Å². The molecule has 2 aliphatic rings. The molecule has 0 aromatic heterocycles. The fourth-order valence-corrected chi connectivity index (χ4v) is 3.47. The summed E-state index contributed by atoms with van der Waals surface area (Å²) in [6.45, 7) is 2.74. The maximum Gasteiger partial charge on any atom is 0.393 e. The number of hydrogen-bond donors (Lipinski definition) is 2. The summed E-state index contributed by atoms with van der Waals surface area (Å²) < 4.78 is 37.7. The van der Waals surface area contributed by atoms with Crippen LogP contribution in [0.2, 0.25) is 0 Å². The first-order chi connectivity index (χ1) is 9.86. The Morgan fingerprint density at radius 1 is 1.24 bits per heavy atom. The lowest BCUT2D eigenvalue weighted by atomic mass is 9.82. The van der Waals surface area contributed by atoms with Crippen molar-refractivity contribution in [1.29, 1.82) is 0 Å². The summed E-state index contributed by atoms with van der Waals surface area (Å²) in [5, 5.41) is 5.65. The van der Waals surface area contributed by atoms with Gasteiger partial charge in [0.15, 0.2) is 0 Å². The van der Waals surface area contributed by atoms with Crippen LogP contribution in [-0.4, -0.2) is 31.2 Å². The Hall–Kier alpha value is -0.780. The number of nitrogens with one attached hydrogen (secondary N) is 2. The van der Waals surface area contributed by atoms with E-state index in [0.717, 1.165) is 12.8 Å². The van der Waals surface area contributed by atoms with Crippen LogP contribution in [0.25, 0.3) is 0 Å². The van der Waals surface area contributed by atoms with E-state index in [-0.39, 0.29) is 25.3 Å². The quantitative estimate of drug-likeness (QED) is 0.842. The highest BCUT2D eigenvalue weighted by molar-refractivity contribution is 5.81. The zero-order chi connectivity index (χ0) is 15.5. The number of carbonyl (C=O) groups excluding carboxylic acids is 1. The summed E-state index contributed by atoms with van der Waals surface area (Å²) >= 11 is 0. The van der Waals surface area contributed by atoms with Crippen LogP contribution in [0.4, 0.5) is 13.2 Å². The molecule has 1 aliphatic heterocycles. The molecule has 4 atom stereocenters. The zero-order valence-electron chi connectivity index (χ0n) is 12.5. The molecule has 2 fully saturated rings. The molecule has 1 heterocycles. The molecule has 0 radical (unpaired) electrons. The second kappa shape index (κ2) is 6.99. The molecule has 0 bridgehead atoms. The van der Waals surface area contributed by atoms with Gasteiger partial charge < -0.3 is 10.6 Å². The number of halogens is 3. The third-order valence-corrected chi connectivity index (χ3v) is 4.80. The predicted octanol–water partition coefficient (Wildman–Crippen LogP) is 2.86. The summed E-state index contributed by atoms with van der Waals surface area (Å²) in [6.07, 6.45) is 0.871. The molecular weight excluding hydrogens is 281 g/mol. The maximum absolute atomic E-state index is 12.6. The lowest BCUT2D eigenvalue weighted by Crippen LogP contribution is -2.52. The van der Waals surface area contributed by atoms with Gasteiger partial charge in [0.05, 0.1) is 12.0 Å². The van der Waals surface area contributed by atoms with E-state index in [1.165, 1.54) is 12.8 Å². The Labute approximate surface area is 124 Å². The minimum Gasteiger partial charge on any atom is -0.354 e. The third-order valence-electron chi connectivity index (χ3n) is 4.80. The van der Waals surface area contributed by atoms with Gasteiger partial charge >= 0.3 is 6.18 Å². The van der Waals surface area contributed by atoms with Gasteiger partial charge in [0.1, 0.15) is 0 Å². The standard InChI is InChI=1S/C15H25F3N2O/c1-10-3-2-4-11(7-10)8-20-14(21)13-6-5-12(9-19-13)15(16,17)18/h10-13,19H,2-9H2,1H3,(H,20,21). The average Bonchev–Trinajstić information content (AvgIpc) is 2.44. The molecule has 1 saturated heterocycles. The minimum atomic E-state index is -4.16. The van der Waals surface area contributed by atoms with Crippen molar-refractivity contribution >= 4 is 5.91 Å². The molecule has 1 amide bonds. The molecular formula is C15H25F3N2O. The average molecular weight is 306 g/mol. The van der Waals surface area contributed by atoms with E-state index in [9.17, 15) is 18.0 Å². The Bertz CT molecular complexity index is 351. The van der Waals surface area contributed by atoms with Gasteiger partial charge in [-0.1, -0.05) is 19.8 Å². The molecule has 2 rings (SSSR count). The van der Waals surface area contributed by atoms with Crippen molar-refractivity contribution in [2.45, 2.75) is 57.7 Å². The number of alkyl halides is 3. The molecule has 21 heavy (non-hydrogen) atoms. The molecule has 6 heteroatoms. The molecule has 4 unspecified atom stereocenters. The summed E-state index contributed by atoms with van der Waals surface area (Å²) in [5.41, 5.74) is 0. The predicted molar refractivity (Wildman–Crippen MR) is 74.7 cm³/mol. The fourth-order valence-electron chi connectivity index (χ4n) is 3.47. The van der Waals surface area contributed by atoms with Crippen LogP contribution < -0.4 is 10.6 Å². The van der Waals surface area contributed by atoms with Gasteiger partial charge in [0.25, 0.3) is 0 Å². The number of carbonyl (C=O) groups is 1. The van der Waals surface area contributed by atoms with Crippen molar-refractivity contribution < 1.29 is 18.0 Å². The topological polar surface area (TPSA) is 41.1 Å². The molecule has 3 nitrogen and oxygen atoms in total. The van der Waals surface area contributed by atoms with Crippen molar-refractivity contribution in [3.05, 3.63) is 0 Å². The van der Waals surface area contributed by atoms with Gasteiger partial charge in [-0.15, -0.1) is 0 Å². The molecule has 2 N–H and O–H groups in total. The Kier molecular flexibility index (Phi) is 5.52. The van der Waals surface area contributed by atoms with Crippen LogP contribution >= 0.6 is 0 Å². The highest BCUT2D eigenvalue weighted by atomic mass is 19.4. The van der Waals surface area contributed by atoms with Gasteiger partial charge in [-0.25, -0.2) is 0 Å². The minimum absolute atomic E-state index is 0.0368. The Morgan fingerprint density at radius 3 is 2.57 bits per heavy atom. The summed E-state index contributed by atoms with van der Waals surface area (Å²) in [5.74, 6) is -0.236. The van der Waals surface area contributed by atoms with Crippen LogP contribution in [0.1, 0.15) is 45.4 Å². The molecule has 0 aromatic carbocycles. The molecule has 1 aliphatic carbocycles. The SMILES string of the molecule is CC1CCCC(CNC(=O)C2CCC(C(F)(F)F)CN2)C1. The van der Waals surface area contributed by atoms with E-state index in [4.69, 9.17) is 0 Å². The van der Waals surface area contributed by atoms with Gasteiger partial charge in [0.2, 0.25) is 5.91 Å². The Balaban J connectivity index is 1.70. The molecule has 122 valence electrons. The monoisotopic (exact) mass is 306 g/mol. The first kappa shape index (κ1) is 16.6. The smallest absolute Gasteiger partial charge is 0.354 e. The fraction of sp³-hybridized carbons (Fsp3) is 0.933. The highest BCUT2D eigenvalue weighted by Gasteiger charge is 2.42. The third kappa shape index (κ3) is 4.87. The Morgan fingerprint density at radius 2 is 2.00 bits per heavy atom. The number of piperidine rings is 1. The molecule has 0 spiro atoms. The first-order valence-electron chi connectivity index (χ1n) is 7.94. The van der Waals surface area contributed by atoms with Crippen molar-refractivity contribution in [2.75, 3.05) is 13.1 Å². The number of amides is 1. The van der Waals surface area contributed by atoms with Crippen molar-refractivity contribution in [2.24, 2.45) is 17.8 Å². The summed E-state index contributed by atoms with van der Waals surface area (Å²) in [4.78, 5) is 12.0. The highest BCUT2D eigenvalue weighted by Crippen LogP contribution is 2.32. The van der Waals surface area contributed by atoms with Crippen LogP contribution in [-0.2, 0) is 4.79 Å². The second-order valence-electron chi connectivity index (χ2n) is 6.66. The maximum atomic E-state index is 12.6. The van der Waals surface area contributed by atoms with Gasteiger partial charge in [0, 0.05) is 13.1 Å². The van der Waals surface area contributed by atoms with E-state index >= 15 is 0 Å². The molecule has 1 saturated carbocycles. The van der Waals surface area contributed by atoms with Gasteiger partial charge in [-0.2, -0.15) is 13.2 Å². The van der Waals surface area contributed by atoms with E-state index in [0.29, 0.717) is 18.4 Å². The lowest BCUT2D eigenvalue weighted by Gasteiger charge is -2.31. The van der Waals surface area contributed by atoms with E-state index in [1.54, 1.807) is 0 Å². The van der Waals surface area contributed by atoms with Crippen LogP contribution in [0.15, 0.2) is 0 Å². The van der Waals surface area contributed by atoms with Crippen LogP contribution in [0, 0.1) is 17.8 Å². The summed E-state index contributed by atoms with van der Waals surface area (Å²) in [7, 11) is 0. The van der Waals surface area contributed by atoms with Crippen molar-refractivity contribution in [1.82, 2.24) is 10.6 Å². The van der Waals surface area contributed by atoms with Gasteiger partial charge in [-0.3, -0.25) is 4.79 Å².